The molecule has 1 heterocycles. The third kappa shape index (κ3) is 7.25. The summed E-state index contributed by atoms with van der Waals surface area (Å²) in [5.74, 6) is 1.97. The van der Waals surface area contributed by atoms with Crippen molar-refractivity contribution in [2.45, 2.75) is 19.8 Å². The van der Waals surface area contributed by atoms with Gasteiger partial charge in [-0.05, 0) is 67.3 Å². The summed E-state index contributed by atoms with van der Waals surface area (Å²) < 4.78 is 11.5. The van der Waals surface area contributed by atoms with Crippen molar-refractivity contribution < 1.29 is 19.1 Å². The van der Waals surface area contributed by atoms with Gasteiger partial charge >= 0.3 is 0 Å². The van der Waals surface area contributed by atoms with Crippen LogP contribution in [0.4, 0.5) is 11.4 Å². The van der Waals surface area contributed by atoms with Crippen molar-refractivity contribution >= 4 is 23.2 Å². The van der Waals surface area contributed by atoms with Gasteiger partial charge in [-0.1, -0.05) is 37.3 Å². The van der Waals surface area contributed by atoms with Crippen molar-refractivity contribution in [3.8, 4) is 11.5 Å². The number of nitrogens with one attached hydrogen (secondary N) is 2. The molecule has 0 aliphatic carbocycles. The van der Waals surface area contributed by atoms with Gasteiger partial charge in [-0.3, -0.25) is 9.59 Å². The fraction of sp³-hybridized carbons (Fsp3) is 0.310. The predicted octanol–water partition coefficient (Wildman–Crippen LogP) is 5.07. The smallest absolute Gasteiger partial charge is 0.253 e. The summed E-state index contributed by atoms with van der Waals surface area (Å²) in [4.78, 5) is 27.1. The zero-order valence-corrected chi connectivity index (χ0v) is 20.6. The van der Waals surface area contributed by atoms with E-state index in [0.29, 0.717) is 36.1 Å². The molecule has 0 unspecified atom stereocenters. The number of likely N-dealkylation sites (tertiary alicyclic amines) is 1. The van der Waals surface area contributed by atoms with Gasteiger partial charge in [0.1, 0.15) is 24.7 Å². The lowest BCUT2D eigenvalue weighted by Crippen LogP contribution is -2.37. The van der Waals surface area contributed by atoms with Crippen molar-refractivity contribution in [1.29, 1.82) is 0 Å². The quantitative estimate of drug-likeness (QED) is 0.391. The van der Waals surface area contributed by atoms with Gasteiger partial charge in [0.15, 0.2) is 0 Å². The molecular weight excluding hydrogens is 454 g/mol. The number of anilines is 2. The van der Waals surface area contributed by atoms with Crippen LogP contribution in [-0.4, -0.2) is 49.6 Å². The molecule has 1 fully saturated rings. The summed E-state index contributed by atoms with van der Waals surface area (Å²) >= 11 is 0. The van der Waals surface area contributed by atoms with Crippen molar-refractivity contribution in [2.24, 2.45) is 5.92 Å². The highest BCUT2D eigenvalue weighted by Crippen LogP contribution is 2.24. The van der Waals surface area contributed by atoms with Crippen molar-refractivity contribution in [1.82, 2.24) is 4.90 Å². The molecule has 4 rings (SSSR count). The highest BCUT2D eigenvalue weighted by Gasteiger charge is 2.21. The molecule has 0 atom stereocenters. The molecule has 2 amide bonds. The van der Waals surface area contributed by atoms with E-state index in [0.717, 1.165) is 37.4 Å². The number of nitrogens with zero attached hydrogens (tertiary/aromatic N) is 1. The minimum Gasteiger partial charge on any atom is -0.490 e. The lowest BCUT2D eigenvalue weighted by molar-refractivity contribution is -0.114. The highest BCUT2D eigenvalue weighted by molar-refractivity contribution is 5.96. The lowest BCUT2D eigenvalue weighted by Gasteiger charge is -2.30. The van der Waals surface area contributed by atoms with Crippen LogP contribution in [0.15, 0.2) is 78.9 Å². The molecule has 1 aliphatic heterocycles. The summed E-state index contributed by atoms with van der Waals surface area (Å²) in [7, 11) is 0. The highest BCUT2D eigenvalue weighted by atomic mass is 16.5. The maximum atomic E-state index is 12.7. The Morgan fingerprint density at radius 3 is 2.28 bits per heavy atom. The van der Waals surface area contributed by atoms with Crippen LogP contribution in [0.5, 0.6) is 11.5 Å². The molecule has 0 bridgehead atoms. The number of para-hydroxylation sites is 3. The number of hydrogen-bond donors (Lipinski definition) is 2. The van der Waals surface area contributed by atoms with Gasteiger partial charge in [-0.2, -0.15) is 0 Å². The molecular formula is C29H33N3O4. The summed E-state index contributed by atoms with van der Waals surface area (Å²) in [6, 6.07) is 24.1. The molecule has 3 aromatic rings. The second-order valence-electron chi connectivity index (χ2n) is 8.96. The lowest BCUT2D eigenvalue weighted by atomic mass is 9.98. The third-order valence-corrected chi connectivity index (χ3v) is 6.17. The van der Waals surface area contributed by atoms with E-state index in [9.17, 15) is 9.59 Å². The van der Waals surface area contributed by atoms with Crippen LogP contribution in [0.1, 0.15) is 30.1 Å². The molecule has 0 aromatic heterocycles. The molecule has 1 aliphatic rings. The van der Waals surface area contributed by atoms with Crippen LogP contribution in [0.2, 0.25) is 0 Å². The molecule has 3 aromatic carbocycles. The van der Waals surface area contributed by atoms with E-state index in [1.165, 1.54) is 0 Å². The van der Waals surface area contributed by atoms with E-state index >= 15 is 0 Å². The maximum Gasteiger partial charge on any atom is 0.253 e. The van der Waals surface area contributed by atoms with E-state index < -0.39 is 0 Å². The van der Waals surface area contributed by atoms with E-state index in [-0.39, 0.29) is 18.4 Å². The summed E-state index contributed by atoms with van der Waals surface area (Å²) in [6.07, 6.45) is 2.09. The van der Waals surface area contributed by atoms with Gasteiger partial charge in [-0.25, -0.2) is 0 Å². The molecule has 7 heteroatoms. The SMILES string of the molecule is CC1CCN(C(=O)c2ccc(NC(=O)CNc3ccccc3OCCOc3ccccc3)cc2)CC1. The van der Waals surface area contributed by atoms with Gasteiger partial charge in [0.2, 0.25) is 5.91 Å². The van der Waals surface area contributed by atoms with Crippen molar-refractivity contribution in [3.05, 3.63) is 84.4 Å². The number of hydrogen-bond acceptors (Lipinski definition) is 5. The Morgan fingerprint density at radius 1 is 0.861 bits per heavy atom. The molecule has 7 nitrogen and oxygen atoms in total. The van der Waals surface area contributed by atoms with Crippen LogP contribution in [0, 0.1) is 5.92 Å². The molecule has 2 N–H and O–H groups in total. The zero-order valence-electron chi connectivity index (χ0n) is 20.6. The molecule has 0 radical (unpaired) electrons. The number of carbonyl (C=O) groups excluding carboxylic acids is 2. The third-order valence-electron chi connectivity index (χ3n) is 6.17. The number of piperidine rings is 1. The molecule has 0 spiro atoms. The average molecular weight is 488 g/mol. The fourth-order valence-electron chi connectivity index (χ4n) is 4.04. The van der Waals surface area contributed by atoms with E-state index in [2.05, 4.69) is 17.6 Å². The number of ether oxygens (including phenoxy) is 2. The first kappa shape index (κ1) is 25.1. The van der Waals surface area contributed by atoms with Gasteiger partial charge in [0.25, 0.3) is 5.91 Å². The number of carbonyl (C=O) groups is 2. The number of benzene rings is 3. The topological polar surface area (TPSA) is 79.9 Å². The summed E-state index contributed by atoms with van der Waals surface area (Å²) in [5, 5.41) is 6.00. The minimum atomic E-state index is -0.193. The molecule has 1 saturated heterocycles. The first-order valence-electron chi connectivity index (χ1n) is 12.4. The Balaban J connectivity index is 1.22. The summed E-state index contributed by atoms with van der Waals surface area (Å²) in [6.45, 7) is 4.69. The van der Waals surface area contributed by atoms with Crippen molar-refractivity contribution in [2.75, 3.05) is 43.5 Å². The number of rotatable bonds is 10. The second kappa shape index (κ2) is 12.6. The largest absolute Gasteiger partial charge is 0.490 e. The first-order valence-corrected chi connectivity index (χ1v) is 12.4. The Hall–Kier alpha value is -4.00. The standard InChI is InChI=1S/C29H33N3O4/c1-22-15-17-32(18-16-22)29(34)23-11-13-24(14-12-23)31-28(33)21-30-26-9-5-6-10-27(26)36-20-19-35-25-7-3-2-4-8-25/h2-14,22,30H,15-21H2,1H3,(H,31,33). The Morgan fingerprint density at radius 2 is 1.53 bits per heavy atom. The van der Waals surface area contributed by atoms with E-state index in [1.54, 1.807) is 24.3 Å². The van der Waals surface area contributed by atoms with Gasteiger partial charge in [-0.15, -0.1) is 0 Å². The number of amides is 2. The van der Waals surface area contributed by atoms with Crippen molar-refractivity contribution in [3.63, 3.8) is 0 Å². The molecule has 188 valence electrons. The van der Waals surface area contributed by atoms with Crippen LogP contribution in [0.3, 0.4) is 0 Å². The Kier molecular flexibility index (Phi) is 8.81. The van der Waals surface area contributed by atoms with Crippen LogP contribution >= 0.6 is 0 Å². The van der Waals surface area contributed by atoms with E-state index in [1.807, 2.05) is 59.5 Å². The van der Waals surface area contributed by atoms with Crippen LogP contribution < -0.4 is 20.1 Å². The normalized spacial score (nSPS) is 13.6. The Bertz CT molecular complexity index is 1130. The zero-order chi connectivity index (χ0) is 25.2. The first-order chi connectivity index (χ1) is 17.6. The average Bonchev–Trinajstić information content (AvgIpc) is 2.91. The summed E-state index contributed by atoms with van der Waals surface area (Å²) in [5.41, 5.74) is 2.01. The van der Waals surface area contributed by atoms with Crippen LogP contribution in [-0.2, 0) is 4.79 Å². The van der Waals surface area contributed by atoms with Crippen LogP contribution in [0.25, 0.3) is 0 Å². The van der Waals surface area contributed by atoms with Gasteiger partial charge in [0.05, 0.1) is 12.2 Å². The van der Waals surface area contributed by atoms with Gasteiger partial charge in [0, 0.05) is 24.3 Å². The minimum absolute atomic E-state index is 0.0484. The monoisotopic (exact) mass is 487 g/mol. The molecule has 36 heavy (non-hydrogen) atoms. The second-order valence-corrected chi connectivity index (χ2v) is 8.96. The van der Waals surface area contributed by atoms with Gasteiger partial charge < -0.3 is 25.0 Å². The fourth-order valence-corrected chi connectivity index (χ4v) is 4.04. The molecule has 0 saturated carbocycles. The van der Waals surface area contributed by atoms with E-state index in [4.69, 9.17) is 9.47 Å². The maximum absolute atomic E-state index is 12.7. The Labute approximate surface area is 212 Å². The predicted molar refractivity (Wildman–Crippen MR) is 142 cm³/mol.